The third kappa shape index (κ3) is 5.32. The van der Waals surface area contributed by atoms with Gasteiger partial charge in [-0.3, -0.25) is 0 Å². The maximum atomic E-state index is 11.7. The van der Waals surface area contributed by atoms with Gasteiger partial charge in [-0.1, -0.05) is 23.7 Å². The largest absolute Gasteiger partial charge is 0.338 e. The van der Waals surface area contributed by atoms with Gasteiger partial charge in [0.2, 0.25) is 0 Å². The Morgan fingerprint density at radius 1 is 1.32 bits per heavy atom. The summed E-state index contributed by atoms with van der Waals surface area (Å²) in [6.07, 6.45) is 0. The van der Waals surface area contributed by atoms with Gasteiger partial charge in [0, 0.05) is 11.6 Å². The van der Waals surface area contributed by atoms with Crippen molar-refractivity contribution in [2.45, 2.75) is 13.8 Å². The standard InChI is InChI=1S/C12H15ClN2O3S/c1-3-14-12(16)15-19(17,18)8-9(2)10-4-6-11(13)7-5-10/h4-8H,3H2,1-2H3,(H2,14,15,16). The highest BCUT2D eigenvalue weighted by Gasteiger charge is 2.11. The summed E-state index contributed by atoms with van der Waals surface area (Å²) in [5.74, 6) is 0. The van der Waals surface area contributed by atoms with E-state index in [1.807, 2.05) is 4.72 Å². The van der Waals surface area contributed by atoms with Gasteiger partial charge in [-0.15, -0.1) is 0 Å². The minimum Gasteiger partial charge on any atom is -0.338 e. The van der Waals surface area contributed by atoms with Crippen LogP contribution < -0.4 is 10.0 Å². The molecular formula is C12H15ClN2O3S. The molecule has 0 saturated carbocycles. The van der Waals surface area contributed by atoms with Crippen molar-refractivity contribution in [1.82, 2.24) is 10.0 Å². The highest BCUT2D eigenvalue weighted by molar-refractivity contribution is 7.93. The quantitative estimate of drug-likeness (QED) is 0.896. The minimum atomic E-state index is -3.82. The van der Waals surface area contributed by atoms with Crippen molar-refractivity contribution in [2.24, 2.45) is 0 Å². The fraction of sp³-hybridized carbons (Fsp3) is 0.250. The predicted octanol–water partition coefficient (Wildman–Crippen LogP) is 2.35. The van der Waals surface area contributed by atoms with Crippen molar-refractivity contribution >= 4 is 33.2 Å². The van der Waals surface area contributed by atoms with Crippen molar-refractivity contribution in [3.63, 3.8) is 0 Å². The van der Waals surface area contributed by atoms with Gasteiger partial charge in [-0.25, -0.2) is 17.9 Å². The van der Waals surface area contributed by atoms with E-state index < -0.39 is 16.1 Å². The molecule has 0 spiro atoms. The number of carbonyl (C=O) groups is 1. The molecular weight excluding hydrogens is 288 g/mol. The van der Waals surface area contributed by atoms with E-state index in [2.05, 4.69) is 5.32 Å². The first-order valence-electron chi connectivity index (χ1n) is 5.59. The Labute approximate surface area is 117 Å². The Bertz CT molecular complexity index is 579. The fourth-order valence-electron chi connectivity index (χ4n) is 1.37. The van der Waals surface area contributed by atoms with Gasteiger partial charge >= 0.3 is 6.03 Å². The van der Waals surface area contributed by atoms with Gasteiger partial charge in [0.15, 0.2) is 0 Å². The molecule has 1 aromatic carbocycles. The van der Waals surface area contributed by atoms with E-state index >= 15 is 0 Å². The molecule has 7 heteroatoms. The van der Waals surface area contributed by atoms with Crippen LogP contribution >= 0.6 is 11.6 Å². The molecule has 0 aromatic heterocycles. The molecule has 0 heterocycles. The van der Waals surface area contributed by atoms with Crippen LogP contribution in [0.4, 0.5) is 4.79 Å². The van der Waals surface area contributed by atoms with Crippen LogP contribution in [-0.4, -0.2) is 21.0 Å². The molecule has 1 aromatic rings. The summed E-state index contributed by atoms with van der Waals surface area (Å²) in [5.41, 5.74) is 1.22. The van der Waals surface area contributed by atoms with Crippen molar-refractivity contribution in [3.8, 4) is 0 Å². The van der Waals surface area contributed by atoms with Crippen molar-refractivity contribution < 1.29 is 13.2 Å². The second-order valence-electron chi connectivity index (χ2n) is 3.81. The molecule has 104 valence electrons. The molecule has 0 aliphatic heterocycles. The number of amides is 2. The Hall–Kier alpha value is -1.53. The van der Waals surface area contributed by atoms with Crippen LogP contribution in [0.25, 0.3) is 5.57 Å². The molecule has 0 bridgehead atoms. The van der Waals surface area contributed by atoms with Gasteiger partial charge in [0.1, 0.15) is 0 Å². The zero-order valence-electron chi connectivity index (χ0n) is 10.6. The highest BCUT2D eigenvalue weighted by atomic mass is 35.5. The first-order valence-corrected chi connectivity index (χ1v) is 7.51. The molecule has 0 radical (unpaired) electrons. The van der Waals surface area contributed by atoms with E-state index in [4.69, 9.17) is 11.6 Å². The van der Waals surface area contributed by atoms with E-state index in [1.54, 1.807) is 38.1 Å². The molecule has 0 aliphatic rings. The van der Waals surface area contributed by atoms with E-state index in [0.717, 1.165) is 5.41 Å². The molecule has 0 unspecified atom stereocenters. The number of carbonyl (C=O) groups excluding carboxylic acids is 1. The lowest BCUT2D eigenvalue weighted by molar-refractivity contribution is 0.246. The summed E-state index contributed by atoms with van der Waals surface area (Å²) in [5, 5.41) is 3.92. The number of urea groups is 1. The number of nitrogens with one attached hydrogen (secondary N) is 2. The van der Waals surface area contributed by atoms with Gasteiger partial charge < -0.3 is 5.32 Å². The Balaban J connectivity index is 2.88. The molecule has 0 atom stereocenters. The Morgan fingerprint density at radius 3 is 2.42 bits per heavy atom. The molecule has 0 saturated heterocycles. The molecule has 2 amide bonds. The summed E-state index contributed by atoms with van der Waals surface area (Å²) in [4.78, 5) is 11.2. The summed E-state index contributed by atoms with van der Waals surface area (Å²) in [6.45, 7) is 3.68. The monoisotopic (exact) mass is 302 g/mol. The van der Waals surface area contributed by atoms with E-state index in [0.29, 0.717) is 22.7 Å². The zero-order chi connectivity index (χ0) is 14.5. The van der Waals surface area contributed by atoms with Crippen molar-refractivity contribution in [3.05, 3.63) is 40.3 Å². The normalized spacial score (nSPS) is 12.1. The van der Waals surface area contributed by atoms with Crippen LogP contribution in [0.5, 0.6) is 0 Å². The average Bonchev–Trinajstić information content (AvgIpc) is 2.28. The minimum absolute atomic E-state index is 0.348. The first-order chi connectivity index (χ1) is 8.84. The topological polar surface area (TPSA) is 75.3 Å². The number of hydrogen-bond acceptors (Lipinski definition) is 3. The number of sulfonamides is 1. The number of rotatable bonds is 4. The zero-order valence-corrected chi connectivity index (χ0v) is 12.2. The summed E-state index contributed by atoms with van der Waals surface area (Å²) in [7, 11) is -3.82. The summed E-state index contributed by atoms with van der Waals surface area (Å²) >= 11 is 5.75. The molecule has 0 aliphatic carbocycles. The number of hydrogen-bond donors (Lipinski definition) is 2. The highest BCUT2D eigenvalue weighted by Crippen LogP contribution is 2.17. The van der Waals surface area contributed by atoms with Crippen LogP contribution in [0.1, 0.15) is 19.4 Å². The molecule has 5 nitrogen and oxygen atoms in total. The average molecular weight is 303 g/mol. The molecule has 19 heavy (non-hydrogen) atoms. The second-order valence-corrected chi connectivity index (χ2v) is 5.78. The third-order valence-corrected chi connectivity index (χ3v) is 3.59. The SMILES string of the molecule is CCNC(=O)NS(=O)(=O)C=C(C)c1ccc(Cl)cc1. The van der Waals surface area contributed by atoms with Gasteiger partial charge in [-0.05, 0) is 37.1 Å². The van der Waals surface area contributed by atoms with Crippen molar-refractivity contribution in [2.75, 3.05) is 6.54 Å². The number of benzene rings is 1. The molecule has 1 rings (SSSR count). The molecule has 0 fully saturated rings. The van der Waals surface area contributed by atoms with Crippen LogP contribution in [0.3, 0.4) is 0 Å². The third-order valence-electron chi connectivity index (χ3n) is 2.20. The van der Waals surface area contributed by atoms with Gasteiger partial charge in [0.05, 0.1) is 5.41 Å². The maximum absolute atomic E-state index is 11.7. The van der Waals surface area contributed by atoms with Crippen LogP contribution in [0.15, 0.2) is 29.7 Å². The van der Waals surface area contributed by atoms with Gasteiger partial charge in [0.25, 0.3) is 10.0 Å². The summed E-state index contributed by atoms with van der Waals surface area (Å²) in [6, 6.07) is 5.99. The second kappa shape index (κ2) is 6.58. The van der Waals surface area contributed by atoms with E-state index in [-0.39, 0.29) is 0 Å². The Kier molecular flexibility index (Phi) is 5.38. The Morgan fingerprint density at radius 2 is 1.89 bits per heavy atom. The molecule has 2 N–H and O–H groups in total. The maximum Gasteiger partial charge on any atom is 0.328 e. The van der Waals surface area contributed by atoms with Crippen LogP contribution in [0.2, 0.25) is 5.02 Å². The lowest BCUT2D eigenvalue weighted by Crippen LogP contribution is -2.38. The predicted molar refractivity (Wildman–Crippen MR) is 76.2 cm³/mol. The summed E-state index contributed by atoms with van der Waals surface area (Å²) < 4.78 is 25.3. The van der Waals surface area contributed by atoms with Gasteiger partial charge in [-0.2, -0.15) is 0 Å². The lowest BCUT2D eigenvalue weighted by atomic mass is 10.1. The smallest absolute Gasteiger partial charge is 0.328 e. The lowest BCUT2D eigenvalue weighted by Gasteiger charge is -2.06. The van der Waals surface area contributed by atoms with E-state index in [1.165, 1.54) is 0 Å². The van der Waals surface area contributed by atoms with Crippen molar-refractivity contribution in [1.29, 1.82) is 0 Å². The van der Waals surface area contributed by atoms with Crippen LogP contribution in [-0.2, 0) is 10.0 Å². The number of allylic oxidation sites excluding steroid dienone is 1. The fourth-order valence-corrected chi connectivity index (χ4v) is 2.49. The number of halogens is 1. The first kappa shape index (κ1) is 15.5. The van der Waals surface area contributed by atoms with Crippen LogP contribution in [0, 0.1) is 0 Å². The van der Waals surface area contributed by atoms with E-state index in [9.17, 15) is 13.2 Å².